The molecular weight excluding hydrogens is 340 g/mol. The van der Waals surface area contributed by atoms with Crippen LogP contribution in [0.4, 0.5) is 5.69 Å². The van der Waals surface area contributed by atoms with Crippen LogP contribution in [0.25, 0.3) is 0 Å². The Morgan fingerprint density at radius 1 is 1.08 bits per heavy atom. The molecule has 0 unspecified atom stereocenters. The zero-order chi connectivity index (χ0) is 18.5. The lowest BCUT2D eigenvalue weighted by Crippen LogP contribution is -2.31. The van der Waals surface area contributed by atoms with E-state index >= 15 is 0 Å². The molecule has 2 aromatic carbocycles. The predicted octanol–water partition coefficient (Wildman–Crippen LogP) is 5.67. The van der Waals surface area contributed by atoms with Gasteiger partial charge in [0.2, 0.25) is 0 Å². The molecule has 0 spiro atoms. The highest BCUT2D eigenvalue weighted by atomic mass is 32.1. The van der Waals surface area contributed by atoms with Crippen LogP contribution in [0, 0.1) is 13.8 Å². The van der Waals surface area contributed by atoms with E-state index in [1.807, 2.05) is 24.3 Å². The lowest BCUT2D eigenvalue weighted by atomic mass is 10.0. The first-order valence-corrected chi connectivity index (χ1v) is 9.83. The fourth-order valence-electron chi connectivity index (χ4n) is 3.48. The molecule has 0 radical (unpaired) electrons. The molecule has 4 heteroatoms. The second-order valence-electron chi connectivity index (χ2n) is 7.23. The lowest BCUT2D eigenvalue weighted by molar-refractivity contribution is 0.210. The Hall–Kier alpha value is -2.07. The summed E-state index contributed by atoms with van der Waals surface area (Å²) < 4.78 is 6.01. The first-order valence-electron chi connectivity index (χ1n) is 9.42. The first-order chi connectivity index (χ1) is 12.5. The van der Waals surface area contributed by atoms with Gasteiger partial charge in [0.15, 0.2) is 5.11 Å². The Bertz CT molecular complexity index is 751. The Morgan fingerprint density at radius 2 is 1.77 bits per heavy atom. The summed E-state index contributed by atoms with van der Waals surface area (Å²) in [5.74, 6) is 0.935. The zero-order valence-electron chi connectivity index (χ0n) is 15.8. The molecule has 3 rings (SSSR count). The van der Waals surface area contributed by atoms with Gasteiger partial charge in [-0.25, -0.2) is 0 Å². The molecule has 0 amide bonds. The van der Waals surface area contributed by atoms with E-state index in [1.54, 1.807) is 0 Å². The maximum absolute atomic E-state index is 6.01. The van der Waals surface area contributed by atoms with E-state index in [9.17, 15) is 0 Å². The summed E-state index contributed by atoms with van der Waals surface area (Å²) >= 11 is 5.48. The molecule has 0 heterocycles. The molecular formula is C22H28N2OS. The lowest BCUT2D eigenvalue weighted by Gasteiger charge is -2.20. The normalized spacial score (nSPS) is 15.5. The van der Waals surface area contributed by atoms with Crippen LogP contribution in [-0.4, -0.2) is 11.2 Å². The van der Waals surface area contributed by atoms with Crippen molar-refractivity contribution in [1.82, 2.24) is 5.32 Å². The fourth-order valence-corrected chi connectivity index (χ4v) is 3.78. The van der Waals surface area contributed by atoms with Crippen LogP contribution < -0.4 is 15.4 Å². The van der Waals surface area contributed by atoms with Gasteiger partial charge in [0, 0.05) is 5.69 Å². The Kier molecular flexibility index (Phi) is 6.15. The minimum absolute atomic E-state index is 0.153. The molecule has 3 nitrogen and oxygen atoms in total. The second kappa shape index (κ2) is 8.54. The monoisotopic (exact) mass is 368 g/mol. The molecule has 0 aromatic heterocycles. The summed E-state index contributed by atoms with van der Waals surface area (Å²) in [4.78, 5) is 0. The number of aryl methyl sites for hydroxylation is 2. The van der Waals surface area contributed by atoms with Crippen molar-refractivity contribution < 1.29 is 4.74 Å². The van der Waals surface area contributed by atoms with Crippen molar-refractivity contribution in [3.05, 3.63) is 59.2 Å². The third-order valence-electron chi connectivity index (χ3n) is 4.97. The first kappa shape index (κ1) is 18.7. The van der Waals surface area contributed by atoms with E-state index in [2.05, 4.69) is 49.6 Å². The van der Waals surface area contributed by atoms with Gasteiger partial charge in [-0.15, -0.1) is 0 Å². The quantitative estimate of drug-likeness (QED) is 0.666. The van der Waals surface area contributed by atoms with Crippen molar-refractivity contribution in [2.75, 3.05) is 5.32 Å². The average Bonchev–Trinajstić information content (AvgIpc) is 3.11. The van der Waals surface area contributed by atoms with E-state index in [4.69, 9.17) is 17.0 Å². The summed E-state index contributed by atoms with van der Waals surface area (Å²) in [7, 11) is 0. The number of hydrogen-bond donors (Lipinski definition) is 2. The summed E-state index contributed by atoms with van der Waals surface area (Å²) in [6.07, 6.45) is 5.29. The Balaban J connectivity index is 1.54. The maximum atomic E-state index is 6.01. The number of hydrogen-bond acceptors (Lipinski definition) is 2. The van der Waals surface area contributed by atoms with E-state index in [0.717, 1.165) is 11.4 Å². The fraction of sp³-hybridized carbons (Fsp3) is 0.409. The number of ether oxygens (including phenoxy) is 1. The second-order valence-corrected chi connectivity index (χ2v) is 7.64. The molecule has 0 bridgehead atoms. The van der Waals surface area contributed by atoms with Crippen LogP contribution >= 0.6 is 12.2 Å². The van der Waals surface area contributed by atoms with Crippen molar-refractivity contribution in [2.45, 2.75) is 58.6 Å². The van der Waals surface area contributed by atoms with Gasteiger partial charge in [0.1, 0.15) is 5.75 Å². The van der Waals surface area contributed by atoms with Crippen LogP contribution in [0.5, 0.6) is 5.75 Å². The molecule has 0 aliphatic heterocycles. The van der Waals surface area contributed by atoms with E-state index in [0.29, 0.717) is 11.2 Å². The third-order valence-corrected chi connectivity index (χ3v) is 5.19. The minimum Gasteiger partial charge on any atom is -0.490 e. The standard InChI is InChI=1S/C22H28N2OS/c1-15-8-9-16(2)21(14-15)17(3)23-22(26)24-18-10-12-20(13-11-18)25-19-6-4-5-7-19/h8-14,17,19H,4-7H2,1-3H3,(H2,23,24,26)/t17-/m0/s1. The SMILES string of the molecule is Cc1ccc(C)c([C@H](C)NC(=S)Nc2ccc(OC3CCCC3)cc2)c1. The average molecular weight is 369 g/mol. The van der Waals surface area contributed by atoms with Crippen molar-refractivity contribution in [3.8, 4) is 5.75 Å². The van der Waals surface area contributed by atoms with Gasteiger partial charge in [0.25, 0.3) is 0 Å². The van der Waals surface area contributed by atoms with Gasteiger partial charge in [-0.2, -0.15) is 0 Å². The molecule has 26 heavy (non-hydrogen) atoms. The number of thiocarbonyl (C=S) groups is 1. The molecule has 1 fully saturated rings. The van der Waals surface area contributed by atoms with Crippen LogP contribution in [0.1, 0.15) is 55.3 Å². The van der Waals surface area contributed by atoms with Crippen molar-refractivity contribution in [2.24, 2.45) is 0 Å². The highest BCUT2D eigenvalue weighted by Crippen LogP contribution is 2.25. The molecule has 1 aliphatic carbocycles. The summed E-state index contributed by atoms with van der Waals surface area (Å²) in [6.45, 7) is 6.38. The topological polar surface area (TPSA) is 33.3 Å². The minimum atomic E-state index is 0.153. The maximum Gasteiger partial charge on any atom is 0.171 e. The Labute approximate surface area is 162 Å². The van der Waals surface area contributed by atoms with Crippen molar-refractivity contribution in [3.63, 3.8) is 0 Å². The third kappa shape index (κ3) is 4.98. The molecule has 2 aromatic rings. The molecule has 138 valence electrons. The van der Waals surface area contributed by atoms with Gasteiger partial charge < -0.3 is 15.4 Å². The van der Waals surface area contributed by atoms with Crippen LogP contribution in [-0.2, 0) is 0 Å². The van der Waals surface area contributed by atoms with E-state index in [-0.39, 0.29) is 6.04 Å². The van der Waals surface area contributed by atoms with Crippen LogP contribution in [0.3, 0.4) is 0 Å². The van der Waals surface area contributed by atoms with Gasteiger partial charge >= 0.3 is 0 Å². The predicted molar refractivity (Wildman–Crippen MR) is 113 cm³/mol. The molecule has 1 atom stereocenters. The number of nitrogens with one attached hydrogen (secondary N) is 2. The van der Waals surface area contributed by atoms with Gasteiger partial charge in [-0.1, -0.05) is 23.8 Å². The number of rotatable bonds is 5. The Morgan fingerprint density at radius 3 is 2.46 bits per heavy atom. The van der Waals surface area contributed by atoms with Crippen LogP contribution in [0.15, 0.2) is 42.5 Å². The van der Waals surface area contributed by atoms with Crippen LogP contribution in [0.2, 0.25) is 0 Å². The molecule has 0 saturated heterocycles. The highest BCUT2D eigenvalue weighted by molar-refractivity contribution is 7.80. The van der Waals surface area contributed by atoms with Gasteiger partial charge in [-0.3, -0.25) is 0 Å². The number of anilines is 1. The van der Waals surface area contributed by atoms with Gasteiger partial charge in [-0.05, 0) is 94.1 Å². The summed E-state index contributed by atoms with van der Waals surface area (Å²) in [5.41, 5.74) is 4.77. The molecule has 1 aliphatic rings. The summed E-state index contributed by atoms with van der Waals surface area (Å²) in [5, 5.41) is 7.27. The smallest absolute Gasteiger partial charge is 0.171 e. The molecule has 1 saturated carbocycles. The highest BCUT2D eigenvalue weighted by Gasteiger charge is 2.16. The van der Waals surface area contributed by atoms with Crippen molar-refractivity contribution >= 4 is 23.0 Å². The molecule has 2 N–H and O–H groups in total. The van der Waals surface area contributed by atoms with E-state index in [1.165, 1.54) is 42.4 Å². The van der Waals surface area contributed by atoms with E-state index < -0.39 is 0 Å². The zero-order valence-corrected chi connectivity index (χ0v) is 16.7. The largest absolute Gasteiger partial charge is 0.490 e. The number of benzene rings is 2. The van der Waals surface area contributed by atoms with Gasteiger partial charge in [0.05, 0.1) is 12.1 Å². The summed E-state index contributed by atoms with van der Waals surface area (Å²) in [6, 6.07) is 14.7. The van der Waals surface area contributed by atoms with Crippen molar-refractivity contribution in [1.29, 1.82) is 0 Å².